The number of carbonyl (C=O) groups excluding carboxylic acids is 1. The van der Waals surface area contributed by atoms with Crippen molar-refractivity contribution in [2.75, 3.05) is 17.1 Å². The number of nitrogens with zero attached hydrogens (tertiary/aromatic N) is 1. The quantitative estimate of drug-likeness (QED) is 0.422. The van der Waals surface area contributed by atoms with Crippen LogP contribution in [0.1, 0.15) is 15.9 Å². The maximum atomic E-state index is 12.6. The predicted molar refractivity (Wildman–Crippen MR) is 116 cm³/mol. The summed E-state index contributed by atoms with van der Waals surface area (Å²) in [6.45, 7) is 1.55. The minimum absolute atomic E-state index is 0.0134. The Labute approximate surface area is 178 Å². The summed E-state index contributed by atoms with van der Waals surface area (Å²) >= 11 is 0. The molecule has 0 radical (unpaired) electrons. The van der Waals surface area contributed by atoms with Crippen molar-refractivity contribution in [2.24, 2.45) is 0 Å². The Kier molecular flexibility index (Phi) is 6.21. The van der Waals surface area contributed by atoms with Crippen LogP contribution in [0.25, 0.3) is 0 Å². The molecule has 10 heteroatoms. The lowest BCUT2D eigenvalue weighted by Gasteiger charge is -2.10. The van der Waals surface area contributed by atoms with E-state index in [4.69, 9.17) is 4.74 Å². The highest BCUT2D eigenvalue weighted by Crippen LogP contribution is 2.23. The van der Waals surface area contributed by atoms with Crippen molar-refractivity contribution < 1.29 is 22.9 Å². The summed E-state index contributed by atoms with van der Waals surface area (Å²) < 4.78 is 32.7. The molecular formula is C21H19N3O6S. The number of amides is 1. The second-order valence-electron chi connectivity index (χ2n) is 6.57. The largest absolute Gasteiger partial charge is 0.497 e. The molecule has 2 N–H and O–H groups in total. The molecule has 0 atom stereocenters. The van der Waals surface area contributed by atoms with Crippen molar-refractivity contribution in [3.63, 3.8) is 0 Å². The standard InChI is InChI=1S/C21H19N3O6S/c1-14-12-15(6-11-20(14)24(26)27)21(25)22-16-7-9-19(10-8-16)31(28,29)23-17-4-3-5-18(13-17)30-2/h3-13,23H,1-2H3,(H,22,25). The highest BCUT2D eigenvalue weighted by Gasteiger charge is 2.16. The van der Waals surface area contributed by atoms with Gasteiger partial charge in [0.1, 0.15) is 5.75 Å². The maximum Gasteiger partial charge on any atom is 0.272 e. The molecule has 0 spiro atoms. The van der Waals surface area contributed by atoms with Crippen LogP contribution in [0, 0.1) is 17.0 Å². The first kappa shape index (κ1) is 21.8. The van der Waals surface area contributed by atoms with E-state index in [-0.39, 0.29) is 16.1 Å². The predicted octanol–water partition coefficient (Wildman–Crippen LogP) is 3.96. The van der Waals surface area contributed by atoms with Crippen molar-refractivity contribution in [3.8, 4) is 5.75 Å². The summed E-state index contributed by atoms with van der Waals surface area (Å²) in [7, 11) is -2.35. The Morgan fingerprint density at radius 1 is 1.00 bits per heavy atom. The van der Waals surface area contributed by atoms with Gasteiger partial charge in [-0.05, 0) is 55.5 Å². The summed E-state index contributed by atoms with van der Waals surface area (Å²) in [6, 6.07) is 16.2. The molecule has 0 fully saturated rings. The van der Waals surface area contributed by atoms with Crippen molar-refractivity contribution >= 4 is 33.0 Å². The van der Waals surface area contributed by atoms with E-state index in [9.17, 15) is 23.3 Å². The fraction of sp³-hybridized carbons (Fsp3) is 0.0952. The summed E-state index contributed by atoms with van der Waals surface area (Å²) in [6.07, 6.45) is 0. The monoisotopic (exact) mass is 441 g/mol. The zero-order valence-electron chi connectivity index (χ0n) is 16.7. The van der Waals surface area contributed by atoms with Crippen LogP contribution in [0.4, 0.5) is 17.1 Å². The first-order chi connectivity index (χ1) is 14.7. The Balaban J connectivity index is 1.72. The van der Waals surface area contributed by atoms with Gasteiger partial charge >= 0.3 is 0 Å². The van der Waals surface area contributed by atoms with Crippen molar-refractivity contribution in [1.82, 2.24) is 0 Å². The highest BCUT2D eigenvalue weighted by atomic mass is 32.2. The number of benzene rings is 3. The van der Waals surface area contributed by atoms with E-state index in [0.717, 1.165) is 0 Å². The van der Waals surface area contributed by atoms with Gasteiger partial charge in [0.2, 0.25) is 0 Å². The fourth-order valence-corrected chi connectivity index (χ4v) is 3.87. The summed E-state index contributed by atoms with van der Waals surface area (Å²) in [4.78, 5) is 22.8. The molecule has 31 heavy (non-hydrogen) atoms. The molecule has 0 aromatic heterocycles. The van der Waals surface area contributed by atoms with E-state index >= 15 is 0 Å². The molecule has 0 aliphatic heterocycles. The number of hydrogen-bond donors (Lipinski definition) is 2. The smallest absolute Gasteiger partial charge is 0.272 e. The van der Waals surface area contributed by atoms with Gasteiger partial charge in [-0.2, -0.15) is 0 Å². The van der Waals surface area contributed by atoms with E-state index in [1.54, 1.807) is 31.2 Å². The molecule has 9 nitrogen and oxygen atoms in total. The van der Waals surface area contributed by atoms with Gasteiger partial charge in [0.05, 0.1) is 22.6 Å². The number of aryl methyl sites for hydroxylation is 1. The number of nitro groups is 1. The minimum Gasteiger partial charge on any atom is -0.497 e. The Morgan fingerprint density at radius 3 is 2.32 bits per heavy atom. The summed E-state index contributed by atoms with van der Waals surface area (Å²) in [5, 5.41) is 13.5. The molecule has 3 aromatic rings. The Bertz CT molecular complexity index is 1240. The lowest BCUT2D eigenvalue weighted by atomic mass is 10.1. The molecular weight excluding hydrogens is 422 g/mol. The average Bonchev–Trinajstić information content (AvgIpc) is 2.73. The molecule has 0 heterocycles. The van der Waals surface area contributed by atoms with Gasteiger partial charge in [-0.3, -0.25) is 19.6 Å². The van der Waals surface area contributed by atoms with Gasteiger partial charge < -0.3 is 10.1 Å². The second-order valence-corrected chi connectivity index (χ2v) is 8.26. The van der Waals surface area contributed by atoms with Gasteiger partial charge in [-0.15, -0.1) is 0 Å². The molecule has 0 aliphatic carbocycles. The zero-order chi connectivity index (χ0) is 22.6. The van der Waals surface area contributed by atoms with E-state index < -0.39 is 20.9 Å². The van der Waals surface area contributed by atoms with E-state index in [2.05, 4.69) is 10.0 Å². The van der Waals surface area contributed by atoms with E-state index in [0.29, 0.717) is 22.7 Å². The number of nitro benzene ring substituents is 1. The van der Waals surface area contributed by atoms with Crippen LogP contribution < -0.4 is 14.8 Å². The van der Waals surface area contributed by atoms with Crippen LogP contribution in [0.15, 0.2) is 71.6 Å². The number of hydrogen-bond acceptors (Lipinski definition) is 6. The number of methoxy groups -OCH3 is 1. The Hall–Kier alpha value is -3.92. The van der Waals surface area contributed by atoms with Crippen LogP contribution in [0.2, 0.25) is 0 Å². The second kappa shape index (κ2) is 8.84. The SMILES string of the molecule is COc1cccc(NS(=O)(=O)c2ccc(NC(=O)c3ccc([N+](=O)[O-])c(C)c3)cc2)c1. The van der Waals surface area contributed by atoms with E-state index in [1.165, 1.54) is 49.6 Å². The summed E-state index contributed by atoms with van der Waals surface area (Å²) in [5.41, 5.74) is 1.27. The normalized spacial score (nSPS) is 10.9. The molecule has 0 unspecified atom stereocenters. The lowest BCUT2D eigenvalue weighted by molar-refractivity contribution is -0.385. The first-order valence-corrected chi connectivity index (χ1v) is 10.5. The van der Waals surface area contributed by atoms with Crippen molar-refractivity contribution in [2.45, 2.75) is 11.8 Å². The highest BCUT2D eigenvalue weighted by molar-refractivity contribution is 7.92. The van der Waals surface area contributed by atoms with Gasteiger partial charge in [0, 0.05) is 28.9 Å². The first-order valence-electron chi connectivity index (χ1n) is 9.03. The third kappa shape index (κ3) is 5.17. The number of anilines is 2. The third-order valence-corrected chi connectivity index (χ3v) is 5.80. The van der Waals surface area contributed by atoms with Crippen LogP contribution in [-0.2, 0) is 10.0 Å². The zero-order valence-corrected chi connectivity index (χ0v) is 17.5. The topological polar surface area (TPSA) is 128 Å². The molecule has 160 valence electrons. The molecule has 0 saturated heterocycles. The molecule has 3 rings (SSSR count). The lowest BCUT2D eigenvalue weighted by Crippen LogP contribution is -2.14. The van der Waals surface area contributed by atoms with Crippen molar-refractivity contribution in [1.29, 1.82) is 0 Å². The van der Waals surface area contributed by atoms with Crippen LogP contribution in [0.5, 0.6) is 5.75 Å². The number of nitrogens with one attached hydrogen (secondary N) is 2. The number of carbonyl (C=O) groups is 1. The molecule has 0 bridgehead atoms. The number of ether oxygens (including phenoxy) is 1. The average molecular weight is 441 g/mol. The van der Waals surface area contributed by atoms with Crippen molar-refractivity contribution in [3.05, 3.63) is 88.0 Å². The van der Waals surface area contributed by atoms with Gasteiger partial charge in [0.25, 0.3) is 21.6 Å². The van der Waals surface area contributed by atoms with Crippen LogP contribution in [0.3, 0.4) is 0 Å². The maximum absolute atomic E-state index is 12.6. The van der Waals surface area contributed by atoms with Crippen LogP contribution >= 0.6 is 0 Å². The molecule has 0 saturated carbocycles. The fourth-order valence-electron chi connectivity index (χ4n) is 2.82. The van der Waals surface area contributed by atoms with E-state index in [1.807, 2.05) is 0 Å². The Morgan fingerprint density at radius 2 is 1.71 bits per heavy atom. The van der Waals surface area contributed by atoms with Gasteiger partial charge in [0.15, 0.2) is 0 Å². The number of sulfonamides is 1. The van der Waals surface area contributed by atoms with Gasteiger partial charge in [-0.1, -0.05) is 6.07 Å². The van der Waals surface area contributed by atoms with Crippen LogP contribution in [-0.4, -0.2) is 26.4 Å². The summed E-state index contributed by atoms with van der Waals surface area (Å²) in [5.74, 6) is 0.0443. The number of rotatable bonds is 7. The van der Waals surface area contributed by atoms with Gasteiger partial charge in [-0.25, -0.2) is 8.42 Å². The molecule has 0 aliphatic rings. The molecule has 1 amide bonds. The molecule has 3 aromatic carbocycles. The third-order valence-electron chi connectivity index (χ3n) is 4.40. The minimum atomic E-state index is -3.84.